The summed E-state index contributed by atoms with van der Waals surface area (Å²) in [5.41, 5.74) is 1.54. The molecular weight excluding hydrogens is 410 g/mol. The van der Waals surface area contributed by atoms with E-state index in [1.54, 1.807) is 12.1 Å². The summed E-state index contributed by atoms with van der Waals surface area (Å²) in [6.07, 6.45) is 0.609. The van der Waals surface area contributed by atoms with Crippen molar-refractivity contribution in [3.05, 3.63) is 71.0 Å². The molecule has 2 aromatic rings. The van der Waals surface area contributed by atoms with E-state index >= 15 is 0 Å². The van der Waals surface area contributed by atoms with Crippen LogP contribution in [0.1, 0.15) is 37.4 Å². The number of phenolic OH excluding ortho intramolecular Hbond substituents is 1. The first kappa shape index (κ1) is 23.3. The van der Waals surface area contributed by atoms with Crippen molar-refractivity contribution in [1.82, 2.24) is 4.90 Å². The minimum atomic E-state index is -0.821. The zero-order chi connectivity index (χ0) is 23.3. The van der Waals surface area contributed by atoms with Gasteiger partial charge in [0.25, 0.3) is 5.91 Å². The summed E-state index contributed by atoms with van der Waals surface area (Å²) in [6, 6.07) is 13.4. The number of aryl methyl sites for hydroxylation is 1. The normalized spacial score (nSPS) is 16.2. The Balaban J connectivity index is 1.91. The Morgan fingerprint density at radius 2 is 1.84 bits per heavy atom. The third kappa shape index (κ3) is 5.11. The third-order valence-corrected chi connectivity index (χ3v) is 5.39. The number of nitrogens with zero attached hydrogens (tertiary/aromatic N) is 1. The number of aromatic hydroxyl groups is 1. The van der Waals surface area contributed by atoms with E-state index in [2.05, 4.69) is 0 Å². The SMILES string of the molecule is COc1ccc(C2C(C(=O)CCc3ccccc3)=C(O)C(=O)N2CCOC(C)C)cc1O. The number of aliphatic hydroxyl groups excluding tert-OH is 1. The molecule has 2 N–H and O–H groups in total. The highest BCUT2D eigenvalue weighted by Crippen LogP contribution is 2.40. The van der Waals surface area contributed by atoms with Crippen LogP contribution in [0.2, 0.25) is 0 Å². The van der Waals surface area contributed by atoms with E-state index in [1.807, 2.05) is 44.2 Å². The number of benzene rings is 2. The molecule has 0 radical (unpaired) electrons. The Hall–Kier alpha value is -3.32. The summed E-state index contributed by atoms with van der Waals surface area (Å²) >= 11 is 0. The van der Waals surface area contributed by atoms with Crippen LogP contribution in [0.3, 0.4) is 0 Å². The zero-order valence-corrected chi connectivity index (χ0v) is 18.6. The van der Waals surface area contributed by atoms with E-state index in [-0.39, 0.29) is 48.5 Å². The Morgan fingerprint density at radius 3 is 2.47 bits per heavy atom. The number of hydrogen-bond acceptors (Lipinski definition) is 6. The van der Waals surface area contributed by atoms with Crippen LogP contribution in [-0.4, -0.2) is 53.2 Å². The average molecular weight is 440 g/mol. The first-order valence-corrected chi connectivity index (χ1v) is 10.6. The van der Waals surface area contributed by atoms with Gasteiger partial charge in [0, 0.05) is 13.0 Å². The standard InChI is InChI=1S/C25H29NO6/c1-16(2)32-14-13-26-23(18-10-12-21(31-3)20(28)15-18)22(24(29)25(26)30)19(27)11-9-17-7-5-4-6-8-17/h4-8,10,12,15-16,23,28-29H,9,11,13-14H2,1-3H3. The van der Waals surface area contributed by atoms with Crippen molar-refractivity contribution in [2.24, 2.45) is 0 Å². The van der Waals surface area contributed by atoms with Gasteiger partial charge in [-0.25, -0.2) is 0 Å². The molecule has 7 nitrogen and oxygen atoms in total. The van der Waals surface area contributed by atoms with Gasteiger partial charge in [-0.15, -0.1) is 0 Å². The molecule has 0 spiro atoms. The summed E-state index contributed by atoms with van der Waals surface area (Å²) in [7, 11) is 1.44. The van der Waals surface area contributed by atoms with Crippen LogP contribution in [0.5, 0.6) is 11.5 Å². The lowest BCUT2D eigenvalue weighted by Gasteiger charge is -2.27. The number of ketones is 1. The Labute approximate surface area is 187 Å². The molecular formula is C25H29NO6. The van der Waals surface area contributed by atoms with E-state index in [0.717, 1.165) is 5.56 Å². The van der Waals surface area contributed by atoms with Crippen molar-refractivity contribution in [3.63, 3.8) is 0 Å². The predicted octanol–water partition coefficient (Wildman–Crippen LogP) is 3.72. The number of amides is 1. The lowest BCUT2D eigenvalue weighted by Crippen LogP contribution is -2.34. The second-order valence-electron chi connectivity index (χ2n) is 7.92. The summed E-state index contributed by atoms with van der Waals surface area (Å²) in [5, 5.41) is 20.9. The Kier molecular flexibility index (Phi) is 7.53. The maximum absolute atomic E-state index is 13.2. The lowest BCUT2D eigenvalue weighted by molar-refractivity contribution is -0.130. The number of ether oxygens (including phenoxy) is 2. The van der Waals surface area contributed by atoms with Gasteiger partial charge in [0.15, 0.2) is 23.0 Å². The molecule has 0 aromatic heterocycles. The maximum atomic E-state index is 13.2. The molecule has 0 aliphatic carbocycles. The van der Waals surface area contributed by atoms with Crippen molar-refractivity contribution < 1.29 is 29.3 Å². The first-order valence-electron chi connectivity index (χ1n) is 10.6. The van der Waals surface area contributed by atoms with Gasteiger partial charge in [-0.2, -0.15) is 0 Å². The molecule has 7 heteroatoms. The van der Waals surface area contributed by atoms with Crippen molar-refractivity contribution >= 4 is 11.7 Å². The van der Waals surface area contributed by atoms with Crippen LogP contribution in [0.4, 0.5) is 0 Å². The number of phenols is 1. The maximum Gasteiger partial charge on any atom is 0.290 e. The highest BCUT2D eigenvalue weighted by Gasteiger charge is 2.43. The van der Waals surface area contributed by atoms with Gasteiger partial charge in [-0.3, -0.25) is 9.59 Å². The van der Waals surface area contributed by atoms with Gasteiger partial charge >= 0.3 is 0 Å². The molecule has 1 amide bonds. The number of aliphatic hydroxyl groups is 1. The highest BCUT2D eigenvalue weighted by molar-refractivity contribution is 6.09. The molecule has 1 aliphatic rings. The first-order chi connectivity index (χ1) is 15.3. The molecule has 170 valence electrons. The third-order valence-electron chi connectivity index (χ3n) is 5.39. The molecule has 0 fully saturated rings. The molecule has 3 rings (SSSR count). The van der Waals surface area contributed by atoms with Gasteiger partial charge in [0.1, 0.15) is 0 Å². The van der Waals surface area contributed by atoms with Crippen molar-refractivity contribution in [3.8, 4) is 11.5 Å². The number of hydrogen-bond donors (Lipinski definition) is 2. The molecule has 0 saturated heterocycles. The smallest absolute Gasteiger partial charge is 0.290 e. The minimum absolute atomic E-state index is 0.0234. The monoisotopic (exact) mass is 439 g/mol. The van der Waals surface area contributed by atoms with Crippen LogP contribution < -0.4 is 4.74 Å². The molecule has 32 heavy (non-hydrogen) atoms. The Morgan fingerprint density at radius 1 is 1.12 bits per heavy atom. The summed E-state index contributed by atoms with van der Waals surface area (Å²) < 4.78 is 10.7. The van der Waals surface area contributed by atoms with Gasteiger partial charge in [-0.05, 0) is 43.5 Å². The lowest BCUT2D eigenvalue weighted by atomic mass is 9.93. The molecule has 1 unspecified atom stereocenters. The minimum Gasteiger partial charge on any atom is -0.504 e. The van der Waals surface area contributed by atoms with E-state index in [1.165, 1.54) is 18.1 Å². The molecule has 1 heterocycles. The fourth-order valence-corrected chi connectivity index (χ4v) is 3.82. The van der Waals surface area contributed by atoms with Gasteiger partial charge < -0.3 is 24.6 Å². The Bertz CT molecular complexity index is 999. The summed E-state index contributed by atoms with van der Waals surface area (Å²) in [5.74, 6) is -1.32. The summed E-state index contributed by atoms with van der Waals surface area (Å²) in [6.45, 7) is 4.22. The van der Waals surface area contributed by atoms with Crippen LogP contribution >= 0.6 is 0 Å². The van der Waals surface area contributed by atoms with Crippen LogP contribution in [0.15, 0.2) is 59.9 Å². The predicted molar refractivity (Wildman–Crippen MR) is 120 cm³/mol. The molecule has 0 bridgehead atoms. The topological polar surface area (TPSA) is 96.3 Å². The fraction of sp³-hybridized carbons (Fsp3) is 0.360. The van der Waals surface area contributed by atoms with E-state index in [4.69, 9.17) is 9.47 Å². The fourth-order valence-electron chi connectivity index (χ4n) is 3.82. The number of carbonyl (C=O) groups excluding carboxylic acids is 2. The molecule has 0 saturated carbocycles. The van der Waals surface area contributed by atoms with Gasteiger partial charge in [0.2, 0.25) is 0 Å². The largest absolute Gasteiger partial charge is 0.504 e. The zero-order valence-electron chi connectivity index (χ0n) is 18.6. The quantitative estimate of drug-likeness (QED) is 0.586. The summed E-state index contributed by atoms with van der Waals surface area (Å²) in [4.78, 5) is 27.5. The van der Waals surface area contributed by atoms with E-state index in [9.17, 15) is 19.8 Å². The van der Waals surface area contributed by atoms with E-state index < -0.39 is 17.7 Å². The molecule has 2 aromatic carbocycles. The number of Topliss-reactive ketones (excluding diaryl/α,β-unsaturated/α-hetero) is 1. The van der Waals surface area contributed by atoms with Crippen molar-refractivity contribution in [2.75, 3.05) is 20.3 Å². The second kappa shape index (κ2) is 10.3. The number of methoxy groups -OCH3 is 1. The van der Waals surface area contributed by atoms with Crippen molar-refractivity contribution in [1.29, 1.82) is 0 Å². The van der Waals surface area contributed by atoms with Crippen LogP contribution in [0, 0.1) is 0 Å². The number of carbonyl (C=O) groups is 2. The molecule has 1 atom stereocenters. The highest BCUT2D eigenvalue weighted by atomic mass is 16.5. The van der Waals surface area contributed by atoms with Crippen LogP contribution in [-0.2, 0) is 20.7 Å². The average Bonchev–Trinajstić information content (AvgIpc) is 3.03. The van der Waals surface area contributed by atoms with Crippen LogP contribution in [0.25, 0.3) is 0 Å². The molecule has 1 aliphatic heterocycles. The van der Waals surface area contributed by atoms with Crippen molar-refractivity contribution in [2.45, 2.75) is 38.8 Å². The van der Waals surface area contributed by atoms with E-state index in [0.29, 0.717) is 12.0 Å². The van der Waals surface area contributed by atoms with Gasteiger partial charge in [-0.1, -0.05) is 36.4 Å². The second-order valence-corrected chi connectivity index (χ2v) is 7.92. The number of rotatable bonds is 10. The van der Waals surface area contributed by atoms with Gasteiger partial charge in [0.05, 0.1) is 31.4 Å².